The van der Waals surface area contributed by atoms with Crippen LogP contribution < -0.4 is 11.1 Å². The summed E-state index contributed by atoms with van der Waals surface area (Å²) in [6.45, 7) is 3.75. The number of para-hydroxylation sites is 1. The van der Waals surface area contributed by atoms with Crippen molar-refractivity contribution in [2.75, 3.05) is 43.8 Å². The van der Waals surface area contributed by atoms with E-state index in [9.17, 15) is 37.5 Å². The number of halogens is 4. The molecule has 4 amide bonds. The van der Waals surface area contributed by atoms with Crippen LogP contribution in [0.1, 0.15) is 68.6 Å². The zero-order valence-corrected chi connectivity index (χ0v) is 30.4. The van der Waals surface area contributed by atoms with Crippen LogP contribution in [0.5, 0.6) is 0 Å². The van der Waals surface area contributed by atoms with Gasteiger partial charge >= 0.3 is 24.3 Å². The minimum atomic E-state index is -4.81. The molecule has 0 aliphatic carbocycles. The fraction of sp³-hybridized carbons (Fsp3) is 0.568. The summed E-state index contributed by atoms with van der Waals surface area (Å²) in [6, 6.07) is 8.33. The summed E-state index contributed by atoms with van der Waals surface area (Å²) in [5.41, 5.74) is 5.71. The van der Waals surface area contributed by atoms with E-state index in [0.29, 0.717) is 51.6 Å². The first-order valence-electron chi connectivity index (χ1n) is 18.3. The van der Waals surface area contributed by atoms with Crippen molar-refractivity contribution in [1.29, 1.82) is 0 Å². The molecular weight excluding hydrogens is 717 g/mol. The van der Waals surface area contributed by atoms with Crippen LogP contribution in [0.15, 0.2) is 36.4 Å². The van der Waals surface area contributed by atoms with Gasteiger partial charge < -0.3 is 35.6 Å². The molecule has 3 saturated heterocycles. The number of carboxylic acid groups (broad SMARTS) is 1. The van der Waals surface area contributed by atoms with Gasteiger partial charge in [-0.1, -0.05) is 36.2 Å². The maximum absolute atomic E-state index is 14.2. The third kappa shape index (κ3) is 8.61. The summed E-state index contributed by atoms with van der Waals surface area (Å²) >= 11 is 6.12. The number of urea groups is 1. The molecule has 4 N–H and O–H groups in total. The molecule has 2 aromatic carbocycles. The summed E-state index contributed by atoms with van der Waals surface area (Å²) in [6.07, 6.45) is -2.56. The lowest BCUT2D eigenvalue weighted by atomic mass is 9.91. The topological polar surface area (TPSA) is 149 Å². The van der Waals surface area contributed by atoms with Crippen molar-refractivity contribution >= 4 is 47.0 Å². The van der Waals surface area contributed by atoms with Crippen LogP contribution in [0.3, 0.4) is 0 Å². The number of rotatable bonds is 7. The first kappa shape index (κ1) is 38.5. The number of benzene rings is 2. The van der Waals surface area contributed by atoms with E-state index >= 15 is 0 Å². The minimum Gasteiger partial charge on any atom is -0.480 e. The average Bonchev–Trinajstić information content (AvgIpc) is 3.30. The Bertz CT molecular complexity index is 1710. The van der Waals surface area contributed by atoms with Gasteiger partial charge in [-0.15, -0.1) is 0 Å². The third-order valence-electron chi connectivity index (χ3n) is 11.2. The van der Waals surface area contributed by atoms with Gasteiger partial charge in [-0.3, -0.25) is 14.5 Å². The molecular formula is C37H46ClF3N6O6. The zero-order valence-electron chi connectivity index (χ0n) is 29.6. The standard InChI is InChI=1S/C37H46ClF3N6O6/c1-22-18-26(46-13-5-4-8-30(46)34(49)50)12-17-45(22)33(48)31(21-23-19-27(37(39,40)41)32(42)28(38)20-23)53-36(52)44-14-10-25(11-15-44)47-16-9-24-6-2-3-7-29(24)43-35(47)51/h2-3,6-7,19-20,22,25-26,30-31H,4-5,8-18,21,42H2,1H3,(H,43,51)(H,49,50)/t22?,26?,30-,31-/m1/s1. The molecule has 288 valence electrons. The fourth-order valence-electron chi connectivity index (χ4n) is 8.33. The van der Waals surface area contributed by atoms with Crippen molar-refractivity contribution in [1.82, 2.24) is 19.6 Å². The fourth-order valence-corrected chi connectivity index (χ4v) is 8.57. The Labute approximate surface area is 311 Å². The number of aliphatic carboxylic acids is 1. The number of nitrogen functional groups attached to an aromatic ring is 1. The van der Waals surface area contributed by atoms with E-state index in [1.165, 1.54) is 11.0 Å². The smallest absolute Gasteiger partial charge is 0.418 e. The Morgan fingerprint density at radius 2 is 1.74 bits per heavy atom. The predicted octanol–water partition coefficient (Wildman–Crippen LogP) is 5.86. The number of carboxylic acids is 1. The number of alkyl halides is 3. The highest BCUT2D eigenvalue weighted by Crippen LogP contribution is 2.38. The van der Waals surface area contributed by atoms with Crippen molar-refractivity contribution in [2.24, 2.45) is 0 Å². The first-order chi connectivity index (χ1) is 25.2. The van der Waals surface area contributed by atoms with Crippen LogP contribution in [0, 0.1) is 0 Å². The molecule has 0 bridgehead atoms. The Kier molecular flexibility index (Phi) is 11.6. The lowest BCUT2D eigenvalue weighted by molar-refractivity contribution is -0.150. The van der Waals surface area contributed by atoms with Gasteiger partial charge in [-0.2, -0.15) is 13.2 Å². The molecule has 0 spiro atoms. The van der Waals surface area contributed by atoms with Gasteiger partial charge in [0.15, 0.2) is 6.10 Å². The second-order valence-corrected chi connectivity index (χ2v) is 14.9. The lowest BCUT2D eigenvalue weighted by Crippen LogP contribution is -2.58. The number of ether oxygens (including phenoxy) is 1. The van der Waals surface area contributed by atoms with Crippen LogP contribution >= 0.6 is 11.6 Å². The Balaban J connectivity index is 1.15. The molecule has 53 heavy (non-hydrogen) atoms. The van der Waals surface area contributed by atoms with Crippen molar-refractivity contribution in [3.05, 3.63) is 58.1 Å². The van der Waals surface area contributed by atoms with E-state index in [1.54, 1.807) is 9.80 Å². The second kappa shape index (κ2) is 16.0. The lowest BCUT2D eigenvalue weighted by Gasteiger charge is -2.46. The van der Waals surface area contributed by atoms with Crippen LogP contribution in [0.2, 0.25) is 5.02 Å². The van der Waals surface area contributed by atoms with Crippen LogP contribution in [-0.4, -0.2) is 112 Å². The van der Waals surface area contributed by atoms with E-state index in [2.05, 4.69) is 5.32 Å². The van der Waals surface area contributed by atoms with E-state index < -0.39 is 47.5 Å². The third-order valence-corrected chi connectivity index (χ3v) is 11.5. The first-order valence-corrected chi connectivity index (χ1v) is 18.6. The number of nitrogens with one attached hydrogen (secondary N) is 1. The number of carbonyl (C=O) groups excluding carboxylic acids is 3. The number of carbonyl (C=O) groups is 4. The van der Waals surface area contributed by atoms with Crippen molar-refractivity contribution < 1.29 is 42.2 Å². The maximum atomic E-state index is 14.2. The average molecular weight is 763 g/mol. The monoisotopic (exact) mass is 762 g/mol. The number of anilines is 2. The van der Waals surface area contributed by atoms with Gasteiger partial charge in [0.05, 0.1) is 16.3 Å². The molecule has 0 saturated carbocycles. The molecule has 4 atom stereocenters. The Morgan fingerprint density at radius 1 is 1.02 bits per heavy atom. The molecule has 4 aliphatic rings. The molecule has 6 rings (SSSR count). The van der Waals surface area contributed by atoms with Gasteiger partial charge in [-0.05, 0) is 87.7 Å². The molecule has 3 fully saturated rings. The highest BCUT2D eigenvalue weighted by Gasteiger charge is 2.42. The molecule has 2 aromatic rings. The quantitative estimate of drug-likeness (QED) is 0.297. The molecule has 0 aromatic heterocycles. The molecule has 4 aliphatic heterocycles. The number of fused-ring (bicyclic) bond motifs is 1. The van der Waals surface area contributed by atoms with Gasteiger partial charge in [0, 0.05) is 56.4 Å². The van der Waals surface area contributed by atoms with Gasteiger partial charge in [0.25, 0.3) is 5.91 Å². The molecule has 16 heteroatoms. The molecule has 4 heterocycles. The van der Waals surface area contributed by atoms with E-state index in [0.717, 1.165) is 30.2 Å². The molecule has 12 nitrogen and oxygen atoms in total. The summed E-state index contributed by atoms with van der Waals surface area (Å²) in [5, 5.41) is 12.5. The number of nitrogens with two attached hydrogens (primary N) is 1. The number of likely N-dealkylation sites (tertiary alicyclic amines) is 3. The SMILES string of the molecule is CC1CC(N2CCCC[C@@H]2C(=O)O)CCN1C(=O)[C@@H](Cc1cc(Cl)c(N)c(C(F)(F)F)c1)OC(=O)N1CCC(N2CCc3ccccc3NC2=O)CC1. The molecule has 0 radical (unpaired) electrons. The highest BCUT2D eigenvalue weighted by atomic mass is 35.5. The highest BCUT2D eigenvalue weighted by molar-refractivity contribution is 6.33. The number of amides is 4. The van der Waals surface area contributed by atoms with Crippen LogP contribution in [-0.2, 0) is 33.3 Å². The second-order valence-electron chi connectivity index (χ2n) is 14.5. The summed E-state index contributed by atoms with van der Waals surface area (Å²) < 4.78 is 47.5. The van der Waals surface area contributed by atoms with E-state index in [-0.39, 0.29) is 60.8 Å². The van der Waals surface area contributed by atoms with Crippen molar-refractivity contribution in [2.45, 2.75) is 101 Å². The minimum absolute atomic E-state index is 0.0229. The number of piperidine rings is 3. The van der Waals surface area contributed by atoms with Crippen LogP contribution in [0.4, 0.5) is 34.1 Å². The van der Waals surface area contributed by atoms with Crippen molar-refractivity contribution in [3.8, 4) is 0 Å². The Hall–Kier alpha value is -4.24. The van der Waals surface area contributed by atoms with E-state index in [1.807, 2.05) is 36.1 Å². The number of hydrogen-bond donors (Lipinski definition) is 3. The number of hydrogen-bond acceptors (Lipinski definition) is 7. The summed E-state index contributed by atoms with van der Waals surface area (Å²) in [5.74, 6) is -1.43. The van der Waals surface area contributed by atoms with Crippen LogP contribution in [0.25, 0.3) is 0 Å². The zero-order chi connectivity index (χ0) is 38.0. The van der Waals surface area contributed by atoms with E-state index in [4.69, 9.17) is 22.1 Å². The van der Waals surface area contributed by atoms with Gasteiger partial charge in [-0.25, -0.2) is 9.59 Å². The molecule has 2 unspecified atom stereocenters. The maximum Gasteiger partial charge on any atom is 0.418 e. The van der Waals surface area contributed by atoms with Gasteiger partial charge in [0.1, 0.15) is 6.04 Å². The summed E-state index contributed by atoms with van der Waals surface area (Å²) in [7, 11) is 0. The van der Waals surface area contributed by atoms with Crippen molar-refractivity contribution in [3.63, 3.8) is 0 Å². The Morgan fingerprint density at radius 3 is 2.43 bits per heavy atom. The van der Waals surface area contributed by atoms with Gasteiger partial charge in [0.2, 0.25) is 0 Å². The normalized spacial score (nSPS) is 23.8. The largest absolute Gasteiger partial charge is 0.480 e. The number of nitrogens with zero attached hydrogens (tertiary/aromatic N) is 4. The predicted molar refractivity (Wildman–Crippen MR) is 191 cm³/mol. The summed E-state index contributed by atoms with van der Waals surface area (Å²) in [4.78, 5) is 59.8.